The summed E-state index contributed by atoms with van der Waals surface area (Å²) in [6.07, 6.45) is 12.8. The fourth-order valence-electron chi connectivity index (χ4n) is 6.88. The molecule has 0 N–H and O–H groups in total. The van der Waals surface area contributed by atoms with E-state index in [0.717, 1.165) is 69.2 Å². The van der Waals surface area contributed by atoms with E-state index < -0.39 is 0 Å². The van der Waals surface area contributed by atoms with Gasteiger partial charge in [-0.3, -0.25) is 4.79 Å². The third-order valence-electron chi connectivity index (χ3n) is 8.94. The number of ether oxygens (including phenoxy) is 1. The van der Waals surface area contributed by atoms with Gasteiger partial charge in [0.25, 0.3) is 0 Å². The number of carbonyl (C=O) groups is 2. The molecule has 3 unspecified atom stereocenters. The molecule has 6 heteroatoms. The van der Waals surface area contributed by atoms with Gasteiger partial charge < -0.3 is 14.5 Å². The lowest BCUT2D eigenvalue weighted by molar-refractivity contribution is -0.140. The van der Waals surface area contributed by atoms with Crippen molar-refractivity contribution in [2.75, 3.05) is 38.2 Å². The minimum Gasteiger partial charge on any atom is -0.465 e. The minimum absolute atomic E-state index is 0.300. The van der Waals surface area contributed by atoms with Crippen LogP contribution in [0.1, 0.15) is 73.7 Å². The molecule has 4 fully saturated rings. The van der Waals surface area contributed by atoms with E-state index in [-0.39, 0.29) is 5.97 Å². The Kier molecular flexibility index (Phi) is 6.62. The van der Waals surface area contributed by atoms with Crippen molar-refractivity contribution in [3.8, 4) is 0 Å². The lowest BCUT2D eigenvalue weighted by atomic mass is 9.75. The van der Waals surface area contributed by atoms with Gasteiger partial charge in [0.15, 0.2) is 0 Å². The zero-order valence-electron chi connectivity index (χ0n) is 20.3. The van der Waals surface area contributed by atoms with Crippen LogP contribution in [-0.2, 0) is 9.53 Å². The molecule has 3 atom stereocenters. The Morgan fingerprint density at radius 2 is 1.67 bits per heavy atom. The van der Waals surface area contributed by atoms with Crippen LogP contribution in [0.4, 0.5) is 5.82 Å². The number of hydrogen-bond acceptors (Lipinski definition) is 5. The van der Waals surface area contributed by atoms with E-state index in [1.165, 1.54) is 39.2 Å². The summed E-state index contributed by atoms with van der Waals surface area (Å²) < 4.78 is 5.03. The average molecular weight is 454 g/mol. The first-order chi connectivity index (χ1) is 16.1. The highest BCUT2D eigenvalue weighted by molar-refractivity contribution is 5.96. The van der Waals surface area contributed by atoms with Gasteiger partial charge in [-0.25, -0.2) is 9.78 Å². The second-order valence-electron chi connectivity index (χ2n) is 10.9. The van der Waals surface area contributed by atoms with Crippen LogP contribution in [0.5, 0.6) is 0 Å². The maximum absolute atomic E-state index is 13.4. The highest BCUT2D eigenvalue weighted by atomic mass is 16.5. The number of carbonyl (C=O) groups excluding carboxylic acids is 2. The maximum Gasteiger partial charge on any atom is 0.341 e. The Labute approximate surface area is 198 Å². The number of methoxy groups -OCH3 is 1. The Bertz CT molecular complexity index is 875. The highest BCUT2D eigenvalue weighted by Gasteiger charge is 2.43. The van der Waals surface area contributed by atoms with E-state index in [1.54, 1.807) is 6.20 Å². The van der Waals surface area contributed by atoms with Crippen molar-refractivity contribution in [1.29, 1.82) is 0 Å². The number of rotatable bonds is 5. The number of likely N-dealkylation sites (tertiary alicyclic amines) is 1. The fraction of sp³-hybridized carbons (Fsp3) is 0.741. The van der Waals surface area contributed by atoms with Gasteiger partial charge in [0.05, 0.1) is 7.11 Å². The van der Waals surface area contributed by atoms with Gasteiger partial charge in [0, 0.05) is 38.3 Å². The Balaban J connectivity index is 1.18. The van der Waals surface area contributed by atoms with E-state index in [4.69, 9.17) is 4.74 Å². The molecule has 1 aromatic heterocycles. The molecule has 0 bridgehead atoms. The van der Waals surface area contributed by atoms with Crippen molar-refractivity contribution < 1.29 is 14.3 Å². The number of hydrogen-bond donors (Lipinski definition) is 0. The molecule has 2 aliphatic heterocycles. The quantitative estimate of drug-likeness (QED) is 0.616. The first-order valence-corrected chi connectivity index (χ1v) is 13.1. The van der Waals surface area contributed by atoms with Crippen LogP contribution in [0.2, 0.25) is 0 Å². The molecular formula is C27H39N3O3. The Hall–Kier alpha value is -2.11. The van der Waals surface area contributed by atoms with Gasteiger partial charge in [-0.05, 0) is 87.2 Å². The summed E-state index contributed by atoms with van der Waals surface area (Å²) in [6, 6.07) is 1.87. The number of pyridine rings is 1. The van der Waals surface area contributed by atoms with E-state index in [0.29, 0.717) is 35.1 Å². The van der Waals surface area contributed by atoms with Gasteiger partial charge in [0.2, 0.25) is 5.91 Å². The van der Waals surface area contributed by atoms with Gasteiger partial charge in [0.1, 0.15) is 11.4 Å². The van der Waals surface area contributed by atoms with Crippen molar-refractivity contribution in [3.05, 3.63) is 23.4 Å². The molecular weight excluding hydrogens is 414 g/mol. The molecule has 33 heavy (non-hydrogen) atoms. The van der Waals surface area contributed by atoms with E-state index in [9.17, 15) is 9.59 Å². The lowest BCUT2D eigenvalue weighted by Crippen LogP contribution is -2.45. The summed E-state index contributed by atoms with van der Waals surface area (Å²) in [4.78, 5) is 34.8. The molecule has 1 amide bonds. The first-order valence-electron chi connectivity index (χ1n) is 13.1. The van der Waals surface area contributed by atoms with Crippen LogP contribution in [0.15, 0.2) is 12.3 Å². The molecule has 3 heterocycles. The normalized spacial score (nSPS) is 28.7. The summed E-state index contributed by atoms with van der Waals surface area (Å²) in [5.41, 5.74) is 1.51. The van der Waals surface area contributed by atoms with Crippen molar-refractivity contribution in [1.82, 2.24) is 9.88 Å². The van der Waals surface area contributed by atoms with Crippen LogP contribution in [0.3, 0.4) is 0 Å². The van der Waals surface area contributed by atoms with Gasteiger partial charge >= 0.3 is 5.97 Å². The second-order valence-corrected chi connectivity index (χ2v) is 10.9. The van der Waals surface area contributed by atoms with E-state index in [2.05, 4.69) is 14.8 Å². The summed E-state index contributed by atoms with van der Waals surface area (Å²) in [6.45, 7) is 5.65. The molecule has 180 valence electrons. The van der Waals surface area contributed by atoms with Crippen LogP contribution in [0.25, 0.3) is 0 Å². The number of nitrogens with zero attached hydrogens (tertiary/aromatic N) is 3. The van der Waals surface area contributed by atoms with E-state index >= 15 is 0 Å². The fourth-order valence-corrected chi connectivity index (χ4v) is 6.88. The van der Waals surface area contributed by atoms with Crippen LogP contribution in [-0.4, -0.2) is 55.0 Å². The number of anilines is 1. The third kappa shape index (κ3) is 4.63. The first kappa shape index (κ1) is 22.7. The third-order valence-corrected chi connectivity index (χ3v) is 8.94. The van der Waals surface area contributed by atoms with Crippen LogP contribution in [0, 0.1) is 36.5 Å². The van der Waals surface area contributed by atoms with Crippen LogP contribution >= 0.6 is 0 Å². The molecule has 1 aromatic rings. The molecule has 0 radical (unpaired) electrons. The molecule has 2 saturated carbocycles. The standard InChI is InChI=1S/C27H39N3O3/c1-18-9-13-28-25(24(18)27(32)33-2)30-16-12-21(17-30)19-10-14-29(15-11-19)26(31)23-6-4-3-5-22(23)20-7-8-20/h9,13,19-23H,3-8,10-12,14-17H2,1-2H3. The molecule has 2 aliphatic carbocycles. The maximum atomic E-state index is 13.4. The number of aryl methyl sites for hydroxylation is 1. The molecule has 6 nitrogen and oxygen atoms in total. The smallest absolute Gasteiger partial charge is 0.341 e. The summed E-state index contributed by atoms with van der Waals surface area (Å²) >= 11 is 0. The second kappa shape index (κ2) is 9.63. The number of amides is 1. The van der Waals surface area contributed by atoms with Gasteiger partial charge in [-0.2, -0.15) is 0 Å². The van der Waals surface area contributed by atoms with Crippen molar-refractivity contribution in [3.63, 3.8) is 0 Å². The Morgan fingerprint density at radius 3 is 2.39 bits per heavy atom. The zero-order chi connectivity index (χ0) is 22.9. The van der Waals surface area contributed by atoms with Crippen LogP contribution < -0.4 is 4.90 Å². The predicted octanol–water partition coefficient (Wildman–Crippen LogP) is 4.46. The number of esters is 1. The molecule has 0 spiro atoms. The van der Waals surface area contributed by atoms with Crippen molar-refractivity contribution >= 4 is 17.7 Å². The number of piperidine rings is 1. The van der Waals surface area contributed by atoms with E-state index in [1.807, 2.05) is 13.0 Å². The highest BCUT2D eigenvalue weighted by Crippen LogP contribution is 2.47. The largest absolute Gasteiger partial charge is 0.465 e. The van der Waals surface area contributed by atoms with Crippen molar-refractivity contribution in [2.24, 2.45) is 29.6 Å². The average Bonchev–Trinajstić information content (AvgIpc) is 3.59. The SMILES string of the molecule is COC(=O)c1c(C)ccnc1N1CCC(C2CCN(C(=O)C3CCCCC3C3CC3)CC2)C1. The summed E-state index contributed by atoms with van der Waals surface area (Å²) in [7, 11) is 1.43. The lowest BCUT2D eigenvalue weighted by Gasteiger charge is -2.39. The zero-order valence-corrected chi connectivity index (χ0v) is 20.3. The molecule has 0 aromatic carbocycles. The summed E-state index contributed by atoms with van der Waals surface area (Å²) in [5.74, 6) is 3.97. The Morgan fingerprint density at radius 1 is 0.939 bits per heavy atom. The van der Waals surface area contributed by atoms with Gasteiger partial charge in [-0.1, -0.05) is 12.8 Å². The number of aromatic nitrogens is 1. The van der Waals surface area contributed by atoms with Crippen molar-refractivity contribution in [2.45, 2.75) is 64.7 Å². The predicted molar refractivity (Wildman–Crippen MR) is 128 cm³/mol. The molecule has 4 aliphatic rings. The monoisotopic (exact) mass is 453 g/mol. The minimum atomic E-state index is -0.307. The topological polar surface area (TPSA) is 62.7 Å². The van der Waals surface area contributed by atoms with Gasteiger partial charge in [-0.15, -0.1) is 0 Å². The molecule has 5 rings (SSSR count). The molecule has 2 saturated heterocycles. The summed E-state index contributed by atoms with van der Waals surface area (Å²) in [5, 5.41) is 0.